The number of H-pyrrole nitrogens is 1. The van der Waals surface area contributed by atoms with E-state index in [1.54, 1.807) is 0 Å². The molecule has 2 atom stereocenters. The molecule has 0 amide bonds. The molecule has 0 spiro atoms. The van der Waals surface area contributed by atoms with E-state index in [4.69, 9.17) is 4.74 Å². The lowest BCUT2D eigenvalue weighted by molar-refractivity contribution is -0.775. The first-order chi connectivity index (χ1) is 9.19. The van der Waals surface area contributed by atoms with E-state index >= 15 is 0 Å². The predicted octanol–water partition coefficient (Wildman–Crippen LogP) is 2.33. The van der Waals surface area contributed by atoms with Gasteiger partial charge in [0, 0.05) is 18.4 Å². The van der Waals surface area contributed by atoms with Crippen LogP contribution in [0.1, 0.15) is 56.8 Å². The number of methoxy groups -OCH3 is 1. The maximum atomic E-state index is 11.6. The second kappa shape index (κ2) is 6.22. The van der Waals surface area contributed by atoms with Gasteiger partial charge in [-0.1, -0.05) is 13.8 Å². The van der Waals surface area contributed by atoms with Crippen molar-refractivity contribution in [2.24, 2.45) is 5.92 Å². The highest BCUT2D eigenvalue weighted by molar-refractivity contribution is 5.73. The molecular formula is C15H25N2O2+. The van der Waals surface area contributed by atoms with Crippen LogP contribution in [0, 0.1) is 5.92 Å². The quantitative estimate of drug-likeness (QED) is 0.656. The van der Waals surface area contributed by atoms with E-state index in [1.165, 1.54) is 31.2 Å². The topological polar surface area (TPSA) is 46.0 Å². The molecule has 0 aliphatic heterocycles. The molecule has 19 heavy (non-hydrogen) atoms. The Morgan fingerprint density at radius 2 is 2.37 bits per heavy atom. The molecule has 1 aliphatic rings. The molecule has 2 unspecified atom stereocenters. The minimum absolute atomic E-state index is 0.0352. The van der Waals surface area contributed by atoms with E-state index in [2.05, 4.69) is 29.8 Å². The summed E-state index contributed by atoms with van der Waals surface area (Å²) in [5.74, 6) is -0.0352. The Bertz CT molecular complexity index is 439. The largest absolute Gasteiger partial charge is 0.469 e. The van der Waals surface area contributed by atoms with Crippen molar-refractivity contribution in [2.45, 2.75) is 58.4 Å². The molecule has 2 rings (SSSR count). The van der Waals surface area contributed by atoms with Gasteiger partial charge in [-0.15, -0.1) is 4.68 Å². The second-order valence-electron chi connectivity index (χ2n) is 5.47. The van der Waals surface area contributed by atoms with Crippen molar-refractivity contribution in [3.63, 3.8) is 0 Å². The molecule has 0 radical (unpaired) electrons. The molecule has 4 nitrogen and oxygen atoms in total. The summed E-state index contributed by atoms with van der Waals surface area (Å²) < 4.78 is 7.11. The van der Waals surface area contributed by atoms with Crippen molar-refractivity contribution < 1.29 is 14.2 Å². The van der Waals surface area contributed by atoms with Gasteiger partial charge in [-0.3, -0.25) is 4.79 Å². The van der Waals surface area contributed by atoms with Crippen LogP contribution in [0.5, 0.6) is 0 Å². The average molecular weight is 265 g/mol. The lowest BCUT2D eigenvalue weighted by Gasteiger charge is -2.17. The van der Waals surface area contributed by atoms with Gasteiger partial charge in [0.05, 0.1) is 18.7 Å². The summed E-state index contributed by atoms with van der Waals surface area (Å²) in [6.45, 7) is 4.45. The lowest BCUT2D eigenvalue weighted by Crippen LogP contribution is -2.40. The predicted molar refractivity (Wildman–Crippen MR) is 72.8 cm³/mol. The summed E-state index contributed by atoms with van der Waals surface area (Å²) in [5.41, 5.74) is 2.59. The summed E-state index contributed by atoms with van der Waals surface area (Å²) >= 11 is 0. The Kier molecular flexibility index (Phi) is 4.61. The molecule has 1 heterocycles. The van der Waals surface area contributed by atoms with Crippen molar-refractivity contribution in [3.8, 4) is 0 Å². The molecule has 1 aliphatic carbocycles. The number of rotatable bonds is 5. The molecule has 1 aromatic rings. The van der Waals surface area contributed by atoms with Crippen molar-refractivity contribution in [1.82, 2.24) is 5.10 Å². The maximum Gasteiger partial charge on any atom is 0.309 e. The minimum Gasteiger partial charge on any atom is -0.469 e. The number of nitrogens with zero attached hydrogens (tertiary/aromatic N) is 1. The molecule has 0 saturated heterocycles. The summed E-state index contributed by atoms with van der Waals surface area (Å²) in [4.78, 5) is 11.6. The van der Waals surface area contributed by atoms with E-state index in [1.807, 2.05) is 0 Å². The monoisotopic (exact) mass is 265 g/mol. The van der Waals surface area contributed by atoms with Crippen LogP contribution < -0.4 is 4.68 Å². The number of nitrogens with one attached hydrogen (secondary N) is 1. The summed E-state index contributed by atoms with van der Waals surface area (Å²) in [7, 11) is 1.48. The Morgan fingerprint density at radius 1 is 1.58 bits per heavy atom. The Balaban J connectivity index is 2.13. The number of ether oxygens (including phenoxy) is 1. The molecule has 106 valence electrons. The van der Waals surface area contributed by atoms with Gasteiger partial charge in [0.25, 0.3) is 0 Å². The minimum atomic E-state index is -0.0704. The van der Waals surface area contributed by atoms with Gasteiger partial charge in [0.15, 0.2) is 12.2 Å². The molecule has 0 bridgehead atoms. The lowest BCUT2D eigenvalue weighted by atomic mass is 9.88. The standard InChI is InChI=1S/C15H24N2O2/c1-4-6-13(5-2)17-10-12-9-11(15(18)19-3)7-8-14(12)16-17/h10-11,13H,4-9H2,1-3H3/p+1. The fourth-order valence-electron chi connectivity index (χ4n) is 3.02. The summed E-state index contributed by atoms with van der Waals surface area (Å²) in [6.07, 6.45) is 8.39. The van der Waals surface area contributed by atoms with Crippen LogP contribution in [0.3, 0.4) is 0 Å². The van der Waals surface area contributed by atoms with Gasteiger partial charge in [-0.2, -0.15) is 5.10 Å². The number of hydrogen-bond acceptors (Lipinski definition) is 2. The van der Waals surface area contributed by atoms with E-state index in [0.29, 0.717) is 6.04 Å². The van der Waals surface area contributed by atoms with E-state index in [0.717, 1.165) is 25.7 Å². The van der Waals surface area contributed by atoms with Crippen molar-refractivity contribution in [2.75, 3.05) is 7.11 Å². The van der Waals surface area contributed by atoms with Gasteiger partial charge in [0.1, 0.15) is 0 Å². The number of aromatic amines is 1. The third kappa shape index (κ3) is 2.99. The van der Waals surface area contributed by atoms with Crippen molar-refractivity contribution >= 4 is 5.97 Å². The van der Waals surface area contributed by atoms with Crippen molar-refractivity contribution in [3.05, 3.63) is 17.5 Å². The average Bonchev–Trinajstić information content (AvgIpc) is 2.86. The van der Waals surface area contributed by atoms with Gasteiger partial charge >= 0.3 is 5.97 Å². The van der Waals surface area contributed by atoms with Crippen LogP contribution in [0.2, 0.25) is 0 Å². The van der Waals surface area contributed by atoms with Gasteiger partial charge in [0.2, 0.25) is 0 Å². The van der Waals surface area contributed by atoms with Gasteiger partial charge in [-0.25, -0.2) is 0 Å². The zero-order chi connectivity index (χ0) is 13.8. The number of aromatic nitrogens is 2. The first-order valence-corrected chi connectivity index (χ1v) is 7.39. The number of carbonyl (C=O) groups excluding carboxylic acids is 1. The Labute approximate surface area is 115 Å². The highest BCUT2D eigenvalue weighted by Gasteiger charge is 2.30. The smallest absolute Gasteiger partial charge is 0.309 e. The molecule has 0 aromatic carbocycles. The second-order valence-corrected chi connectivity index (χ2v) is 5.47. The van der Waals surface area contributed by atoms with E-state index in [-0.39, 0.29) is 11.9 Å². The van der Waals surface area contributed by atoms with Crippen LogP contribution in [-0.4, -0.2) is 18.2 Å². The zero-order valence-corrected chi connectivity index (χ0v) is 12.2. The highest BCUT2D eigenvalue weighted by atomic mass is 16.5. The van der Waals surface area contributed by atoms with E-state index in [9.17, 15) is 4.79 Å². The van der Waals surface area contributed by atoms with Crippen LogP contribution in [0.4, 0.5) is 0 Å². The van der Waals surface area contributed by atoms with Crippen LogP contribution >= 0.6 is 0 Å². The highest BCUT2D eigenvalue weighted by Crippen LogP contribution is 2.25. The summed E-state index contributed by atoms with van der Waals surface area (Å²) in [6, 6.07) is 0.548. The SMILES string of the molecule is CCCC(CC)[n+]1cc2c([nH]1)CCC(C(=O)OC)C2. The van der Waals surface area contributed by atoms with Gasteiger partial charge in [-0.05, 0) is 25.7 Å². The number of esters is 1. The first kappa shape index (κ1) is 14.1. The third-order valence-electron chi connectivity index (χ3n) is 4.18. The fourth-order valence-corrected chi connectivity index (χ4v) is 3.02. The van der Waals surface area contributed by atoms with Crippen LogP contribution in [0.25, 0.3) is 0 Å². The fraction of sp³-hybridized carbons (Fsp3) is 0.733. The normalized spacial score (nSPS) is 19.8. The maximum absolute atomic E-state index is 11.6. The van der Waals surface area contributed by atoms with Crippen LogP contribution in [0.15, 0.2) is 6.20 Å². The molecule has 0 saturated carbocycles. The number of carbonyl (C=O) groups is 1. The summed E-state index contributed by atoms with van der Waals surface area (Å²) in [5, 5.41) is 3.51. The third-order valence-corrected chi connectivity index (χ3v) is 4.18. The Hall–Kier alpha value is -1.32. The van der Waals surface area contributed by atoms with Crippen LogP contribution in [-0.2, 0) is 22.4 Å². The number of fused-ring (bicyclic) bond motifs is 1. The molecule has 1 aromatic heterocycles. The molecule has 1 N–H and O–H groups in total. The zero-order valence-electron chi connectivity index (χ0n) is 12.2. The molecular weight excluding hydrogens is 240 g/mol. The number of hydrogen-bond donors (Lipinski definition) is 1. The first-order valence-electron chi connectivity index (χ1n) is 7.39. The molecule has 0 fully saturated rings. The van der Waals surface area contributed by atoms with E-state index < -0.39 is 0 Å². The number of aryl methyl sites for hydroxylation is 1. The van der Waals surface area contributed by atoms with Crippen molar-refractivity contribution in [1.29, 1.82) is 0 Å². The Morgan fingerprint density at radius 3 is 3.00 bits per heavy atom. The van der Waals surface area contributed by atoms with Gasteiger partial charge < -0.3 is 4.74 Å². The molecule has 4 heteroatoms.